The van der Waals surface area contributed by atoms with Gasteiger partial charge in [0.1, 0.15) is 22.7 Å². The van der Waals surface area contributed by atoms with Crippen LogP contribution in [0.4, 0.5) is 0 Å². The van der Waals surface area contributed by atoms with Crippen molar-refractivity contribution in [1.82, 2.24) is 0 Å². The van der Waals surface area contributed by atoms with Crippen LogP contribution in [0.3, 0.4) is 0 Å². The molecular formula is C35H52O10Si. The van der Waals surface area contributed by atoms with Gasteiger partial charge in [-0.05, 0) is 32.0 Å². The van der Waals surface area contributed by atoms with Crippen LogP contribution in [0, 0.1) is 0 Å². The zero-order valence-electron chi connectivity index (χ0n) is 28.9. The number of hydrogen-bond acceptors (Lipinski definition) is 10. The highest BCUT2D eigenvalue weighted by molar-refractivity contribution is 6.74. The number of rotatable bonds is 15. The van der Waals surface area contributed by atoms with Crippen molar-refractivity contribution in [3.63, 3.8) is 0 Å². The van der Waals surface area contributed by atoms with Crippen molar-refractivity contribution >= 4 is 14.1 Å². The molecule has 2 aliphatic rings. The first-order valence-corrected chi connectivity index (χ1v) is 19.0. The summed E-state index contributed by atoms with van der Waals surface area (Å²) in [7, 11) is 0.669. The molecule has 1 aromatic heterocycles. The predicted octanol–water partition coefficient (Wildman–Crippen LogP) is 5.96. The second-order valence-electron chi connectivity index (χ2n) is 14.3. The number of carbonyl (C=O) groups excluding carboxylic acids is 1. The first-order valence-electron chi connectivity index (χ1n) is 16.1. The topological polar surface area (TPSA) is 112 Å². The van der Waals surface area contributed by atoms with Crippen LogP contribution in [0.25, 0.3) is 0 Å². The molecule has 4 rings (SSSR count). The van der Waals surface area contributed by atoms with E-state index in [2.05, 4.69) is 33.9 Å². The summed E-state index contributed by atoms with van der Waals surface area (Å²) >= 11 is 0. The standard InChI is InChI=1S/C35H52O10Si/c1-32(2,3)46(8,9)44-30-20-28-23-34(45-33(4,5)43-28,22-27-19-26(39-7)21-31(37)42-27)35(30,41-18-17-40-16-15-38-6)24-29(36)25-13-11-10-12-14-25/h10-14,19,21,28,30H,15-18,20,22-24H2,1-9H3/t28-,30-,34-,35-/m0/s1. The molecule has 0 radical (unpaired) electrons. The Morgan fingerprint density at radius 1 is 1.02 bits per heavy atom. The van der Waals surface area contributed by atoms with Crippen molar-refractivity contribution in [3.05, 3.63) is 64.2 Å². The van der Waals surface area contributed by atoms with E-state index in [4.69, 9.17) is 37.3 Å². The number of methoxy groups -OCH3 is 2. The Morgan fingerprint density at radius 2 is 1.72 bits per heavy atom. The molecule has 0 amide bonds. The molecular weight excluding hydrogens is 608 g/mol. The largest absolute Gasteiger partial charge is 0.496 e. The lowest BCUT2D eigenvalue weighted by atomic mass is 9.63. The maximum Gasteiger partial charge on any atom is 0.339 e. The van der Waals surface area contributed by atoms with Gasteiger partial charge in [0.15, 0.2) is 19.9 Å². The molecule has 1 aliphatic heterocycles. The number of hydrogen-bond donors (Lipinski definition) is 0. The Morgan fingerprint density at radius 3 is 2.37 bits per heavy atom. The normalized spacial score (nSPS) is 26.1. The summed E-state index contributed by atoms with van der Waals surface area (Å²) in [6, 6.07) is 12.2. The van der Waals surface area contributed by atoms with E-state index in [1.165, 1.54) is 13.2 Å². The molecule has 0 spiro atoms. The first kappa shape index (κ1) is 36.5. The van der Waals surface area contributed by atoms with Gasteiger partial charge in [-0.1, -0.05) is 51.1 Å². The fourth-order valence-electron chi connectivity index (χ4n) is 6.43. The van der Waals surface area contributed by atoms with Crippen LogP contribution in [0.15, 0.2) is 51.7 Å². The van der Waals surface area contributed by atoms with E-state index in [-0.39, 0.29) is 43.0 Å². The third kappa shape index (κ3) is 8.18. The van der Waals surface area contributed by atoms with Crippen molar-refractivity contribution in [2.75, 3.05) is 40.6 Å². The van der Waals surface area contributed by atoms with Gasteiger partial charge < -0.3 is 37.3 Å². The molecule has 2 heterocycles. The predicted molar refractivity (Wildman–Crippen MR) is 176 cm³/mol. The zero-order valence-corrected chi connectivity index (χ0v) is 29.9. The van der Waals surface area contributed by atoms with Gasteiger partial charge >= 0.3 is 5.63 Å². The number of benzene rings is 1. The molecule has 1 saturated heterocycles. The quantitative estimate of drug-likeness (QED) is 0.129. The number of ketones is 1. The molecule has 10 nitrogen and oxygen atoms in total. The third-order valence-electron chi connectivity index (χ3n) is 9.49. The Bertz CT molecular complexity index is 1370. The van der Waals surface area contributed by atoms with E-state index < -0.39 is 37.0 Å². The lowest BCUT2D eigenvalue weighted by Gasteiger charge is -2.63. The monoisotopic (exact) mass is 660 g/mol. The lowest BCUT2D eigenvalue weighted by Crippen LogP contribution is -2.76. The Kier molecular flexibility index (Phi) is 11.4. The van der Waals surface area contributed by atoms with Crippen LogP contribution < -0.4 is 10.4 Å². The lowest BCUT2D eigenvalue weighted by molar-refractivity contribution is -0.403. The van der Waals surface area contributed by atoms with Gasteiger partial charge in [0.25, 0.3) is 0 Å². The summed E-state index contributed by atoms with van der Waals surface area (Å²) < 4.78 is 49.9. The summed E-state index contributed by atoms with van der Waals surface area (Å²) in [6.07, 6.45) is 0.110. The van der Waals surface area contributed by atoms with Gasteiger partial charge in [-0.3, -0.25) is 4.79 Å². The summed E-state index contributed by atoms with van der Waals surface area (Å²) in [5, 5.41) is -0.133. The average molecular weight is 661 g/mol. The molecule has 4 atom stereocenters. The number of fused-ring (bicyclic) bond motifs is 2. The van der Waals surface area contributed by atoms with Gasteiger partial charge in [0, 0.05) is 44.4 Å². The van der Waals surface area contributed by atoms with E-state index in [0.717, 1.165) is 0 Å². The minimum Gasteiger partial charge on any atom is -0.496 e. The maximum atomic E-state index is 14.3. The fourth-order valence-corrected chi connectivity index (χ4v) is 7.78. The van der Waals surface area contributed by atoms with Gasteiger partial charge in [0.2, 0.25) is 0 Å². The Hall–Kier alpha value is -2.38. The van der Waals surface area contributed by atoms with Crippen molar-refractivity contribution in [2.45, 2.75) is 108 Å². The highest BCUT2D eigenvalue weighted by Gasteiger charge is 2.68. The molecule has 1 saturated carbocycles. The molecule has 1 aromatic carbocycles. The molecule has 2 bridgehead atoms. The van der Waals surface area contributed by atoms with Crippen LogP contribution in [0.5, 0.6) is 5.75 Å². The van der Waals surface area contributed by atoms with E-state index in [1.807, 2.05) is 44.2 Å². The summed E-state index contributed by atoms with van der Waals surface area (Å²) in [4.78, 5) is 27.0. The summed E-state index contributed by atoms with van der Waals surface area (Å²) in [6.45, 7) is 15.9. The van der Waals surface area contributed by atoms with E-state index in [1.54, 1.807) is 13.2 Å². The van der Waals surface area contributed by atoms with Crippen LogP contribution in [-0.2, 0) is 34.5 Å². The highest BCUT2D eigenvalue weighted by Crippen LogP contribution is 2.55. The van der Waals surface area contributed by atoms with Crippen LogP contribution in [-0.4, -0.2) is 83.9 Å². The molecule has 0 N–H and O–H groups in total. The zero-order chi connectivity index (χ0) is 33.8. The SMILES string of the molecule is COCCOCCO[C@@]1(CC(=O)c2ccccc2)[C@@H](O[Si](C)(C)C(C)(C)C)C[C@H]2C[C@]1(Cc1cc(OC)cc(=O)o1)OC(C)(C)O2. The minimum atomic E-state index is -2.45. The number of carbonyl (C=O) groups is 1. The van der Waals surface area contributed by atoms with Gasteiger partial charge in [-0.15, -0.1) is 0 Å². The van der Waals surface area contributed by atoms with Gasteiger partial charge in [-0.25, -0.2) is 4.79 Å². The van der Waals surface area contributed by atoms with Crippen LogP contribution in [0.2, 0.25) is 18.1 Å². The molecule has 2 fully saturated rings. The fraction of sp³-hybridized carbons (Fsp3) is 0.657. The molecule has 2 aromatic rings. The van der Waals surface area contributed by atoms with Gasteiger partial charge in [0.05, 0.1) is 51.8 Å². The Labute approximate surface area is 274 Å². The summed E-state index contributed by atoms with van der Waals surface area (Å²) in [5.74, 6) is -0.426. The van der Waals surface area contributed by atoms with E-state index >= 15 is 0 Å². The molecule has 0 unspecified atom stereocenters. The molecule has 46 heavy (non-hydrogen) atoms. The van der Waals surface area contributed by atoms with Crippen LogP contribution in [0.1, 0.15) is 70.0 Å². The maximum absolute atomic E-state index is 14.3. The van der Waals surface area contributed by atoms with Crippen LogP contribution >= 0.6 is 0 Å². The second kappa shape index (κ2) is 14.4. The van der Waals surface area contributed by atoms with E-state index in [9.17, 15) is 9.59 Å². The first-order chi connectivity index (χ1) is 21.6. The van der Waals surface area contributed by atoms with Crippen molar-refractivity contribution in [2.24, 2.45) is 0 Å². The highest BCUT2D eigenvalue weighted by atomic mass is 28.4. The van der Waals surface area contributed by atoms with Crippen molar-refractivity contribution in [3.8, 4) is 5.75 Å². The number of Topliss-reactive ketones (excluding diaryl/α,β-unsaturated/α-hetero) is 1. The van der Waals surface area contributed by atoms with Crippen molar-refractivity contribution < 1.29 is 42.1 Å². The molecule has 11 heteroatoms. The second-order valence-corrected chi connectivity index (χ2v) is 19.1. The molecule has 1 aliphatic carbocycles. The molecule has 256 valence electrons. The summed E-state index contributed by atoms with van der Waals surface area (Å²) in [5.41, 5.74) is -2.51. The van der Waals surface area contributed by atoms with Gasteiger partial charge in [-0.2, -0.15) is 0 Å². The Balaban J connectivity index is 1.92. The average Bonchev–Trinajstić information content (AvgIpc) is 2.95. The third-order valence-corrected chi connectivity index (χ3v) is 14.0. The minimum absolute atomic E-state index is 0.0363. The number of ether oxygens (including phenoxy) is 6. The van der Waals surface area contributed by atoms with E-state index in [0.29, 0.717) is 43.1 Å². The smallest absolute Gasteiger partial charge is 0.339 e. The van der Waals surface area contributed by atoms with Crippen molar-refractivity contribution in [1.29, 1.82) is 0 Å².